The van der Waals surface area contributed by atoms with Gasteiger partial charge >= 0.3 is 0 Å². The average molecular weight is 223 g/mol. The van der Waals surface area contributed by atoms with Gasteiger partial charge in [-0.25, -0.2) is 4.39 Å². The SMILES string of the molecule is COc1ccc(C(=O)C2CCNC2)cc1F. The smallest absolute Gasteiger partial charge is 0.167 e. The van der Waals surface area contributed by atoms with E-state index in [1.54, 1.807) is 6.07 Å². The Morgan fingerprint density at radius 1 is 1.56 bits per heavy atom. The fourth-order valence-corrected chi connectivity index (χ4v) is 1.93. The molecule has 1 aromatic carbocycles. The Balaban J connectivity index is 2.20. The molecule has 2 rings (SSSR count). The van der Waals surface area contributed by atoms with Gasteiger partial charge in [-0.2, -0.15) is 0 Å². The molecule has 0 bridgehead atoms. The quantitative estimate of drug-likeness (QED) is 0.791. The lowest BCUT2D eigenvalue weighted by atomic mass is 9.97. The van der Waals surface area contributed by atoms with Crippen molar-refractivity contribution in [3.8, 4) is 5.75 Å². The lowest BCUT2D eigenvalue weighted by molar-refractivity contribution is 0.0930. The molecular weight excluding hydrogens is 209 g/mol. The Morgan fingerprint density at radius 3 is 2.94 bits per heavy atom. The van der Waals surface area contributed by atoms with Crippen LogP contribution in [-0.4, -0.2) is 26.0 Å². The maximum Gasteiger partial charge on any atom is 0.167 e. The third-order valence-corrected chi connectivity index (χ3v) is 2.87. The second-order valence-corrected chi connectivity index (χ2v) is 3.90. The van der Waals surface area contributed by atoms with E-state index in [9.17, 15) is 9.18 Å². The lowest BCUT2D eigenvalue weighted by Crippen LogP contribution is -2.18. The molecule has 0 radical (unpaired) electrons. The van der Waals surface area contributed by atoms with Gasteiger partial charge in [0.05, 0.1) is 7.11 Å². The second-order valence-electron chi connectivity index (χ2n) is 3.90. The maximum atomic E-state index is 13.4. The van der Waals surface area contributed by atoms with Crippen molar-refractivity contribution in [2.24, 2.45) is 5.92 Å². The van der Waals surface area contributed by atoms with Crippen LogP contribution in [0.3, 0.4) is 0 Å². The van der Waals surface area contributed by atoms with Gasteiger partial charge in [0, 0.05) is 18.0 Å². The highest BCUT2D eigenvalue weighted by Crippen LogP contribution is 2.21. The van der Waals surface area contributed by atoms with Crippen molar-refractivity contribution in [2.75, 3.05) is 20.2 Å². The summed E-state index contributed by atoms with van der Waals surface area (Å²) in [7, 11) is 1.40. The minimum absolute atomic E-state index is 0.00607. The van der Waals surface area contributed by atoms with Crippen molar-refractivity contribution in [3.63, 3.8) is 0 Å². The fourth-order valence-electron chi connectivity index (χ4n) is 1.93. The van der Waals surface area contributed by atoms with Crippen LogP contribution in [0.2, 0.25) is 0 Å². The first-order chi connectivity index (χ1) is 7.72. The second kappa shape index (κ2) is 4.61. The van der Waals surface area contributed by atoms with Crippen molar-refractivity contribution in [3.05, 3.63) is 29.6 Å². The number of methoxy groups -OCH3 is 1. The molecule has 1 fully saturated rings. The van der Waals surface area contributed by atoms with E-state index < -0.39 is 5.82 Å². The summed E-state index contributed by atoms with van der Waals surface area (Å²) in [6, 6.07) is 4.35. The van der Waals surface area contributed by atoms with Gasteiger partial charge in [-0.1, -0.05) is 0 Å². The van der Waals surface area contributed by atoms with Gasteiger partial charge in [-0.15, -0.1) is 0 Å². The number of ether oxygens (including phenoxy) is 1. The molecule has 1 unspecified atom stereocenters. The summed E-state index contributed by atoms with van der Waals surface area (Å²) in [4.78, 5) is 12.0. The maximum absolute atomic E-state index is 13.4. The van der Waals surface area contributed by atoms with E-state index in [-0.39, 0.29) is 17.5 Å². The number of Topliss-reactive ketones (excluding diaryl/α,β-unsaturated/α-hetero) is 1. The van der Waals surface area contributed by atoms with Gasteiger partial charge in [0.15, 0.2) is 17.3 Å². The standard InChI is InChI=1S/C12H14FNO2/c1-16-11-3-2-8(6-10(11)13)12(15)9-4-5-14-7-9/h2-3,6,9,14H,4-5,7H2,1H3. The van der Waals surface area contributed by atoms with E-state index in [0.29, 0.717) is 12.1 Å². The van der Waals surface area contributed by atoms with Gasteiger partial charge < -0.3 is 10.1 Å². The van der Waals surface area contributed by atoms with Crippen LogP contribution >= 0.6 is 0 Å². The summed E-state index contributed by atoms with van der Waals surface area (Å²) >= 11 is 0. The number of halogens is 1. The molecule has 1 atom stereocenters. The van der Waals surface area contributed by atoms with Crippen molar-refractivity contribution in [1.82, 2.24) is 5.32 Å². The summed E-state index contributed by atoms with van der Waals surface area (Å²) in [5, 5.41) is 3.12. The molecule has 0 saturated carbocycles. The molecule has 1 N–H and O–H groups in total. The van der Waals surface area contributed by atoms with E-state index in [2.05, 4.69) is 5.32 Å². The predicted octanol–water partition coefficient (Wildman–Crippen LogP) is 1.63. The average Bonchev–Trinajstić information content (AvgIpc) is 2.81. The van der Waals surface area contributed by atoms with Crippen LogP contribution in [0, 0.1) is 11.7 Å². The molecular formula is C12H14FNO2. The molecule has 1 saturated heterocycles. The highest BCUT2D eigenvalue weighted by atomic mass is 19.1. The van der Waals surface area contributed by atoms with E-state index in [0.717, 1.165) is 13.0 Å². The van der Waals surface area contributed by atoms with Crippen LogP contribution in [-0.2, 0) is 0 Å². The normalized spacial score (nSPS) is 19.8. The number of hydrogen-bond acceptors (Lipinski definition) is 3. The number of carbonyl (C=O) groups is 1. The van der Waals surface area contributed by atoms with Crippen molar-refractivity contribution < 1.29 is 13.9 Å². The van der Waals surface area contributed by atoms with E-state index >= 15 is 0 Å². The molecule has 0 amide bonds. The highest BCUT2D eigenvalue weighted by molar-refractivity contribution is 5.98. The minimum Gasteiger partial charge on any atom is -0.494 e. The Hall–Kier alpha value is -1.42. The summed E-state index contributed by atoms with van der Waals surface area (Å²) in [5.41, 5.74) is 0.423. The summed E-state index contributed by atoms with van der Waals surface area (Å²) in [5.74, 6) is -0.334. The lowest BCUT2D eigenvalue weighted by Gasteiger charge is -2.08. The van der Waals surface area contributed by atoms with Gasteiger partial charge in [0.2, 0.25) is 0 Å². The molecule has 0 aliphatic carbocycles. The molecule has 0 aromatic heterocycles. The minimum atomic E-state index is -0.487. The topological polar surface area (TPSA) is 38.3 Å². The zero-order valence-electron chi connectivity index (χ0n) is 9.13. The molecule has 1 aliphatic rings. The number of ketones is 1. The molecule has 1 aliphatic heterocycles. The van der Waals surface area contributed by atoms with Crippen LogP contribution < -0.4 is 10.1 Å². The Bertz CT molecular complexity index is 400. The van der Waals surface area contributed by atoms with Crippen LogP contribution in [0.25, 0.3) is 0 Å². The summed E-state index contributed by atoms with van der Waals surface area (Å²) in [6.07, 6.45) is 0.826. The monoisotopic (exact) mass is 223 g/mol. The number of carbonyl (C=O) groups excluding carboxylic acids is 1. The van der Waals surface area contributed by atoms with Gasteiger partial charge in [-0.05, 0) is 31.2 Å². The first kappa shape index (κ1) is 11.1. The van der Waals surface area contributed by atoms with Gasteiger partial charge in [0.1, 0.15) is 0 Å². The zero-order chi connectivity index (χ0) is 11.5. The van der Waals surface area contributed by atoms with Gasteiger partial charge in [-0.3, -0.25) is 4.79 Å². The van der Waals surface area contributed by atoms with Crippen molar-refractivity contribution in [1.29, 1.82) is 0 Å². The molecule has 86 valence electrons. The zero-order valence-corrected chi connectivity index (χ0v) is 9.13. The molecule has 0 spiro atoms. The molecule has 1 aromatic rings. The summed E-state index contributed by atoms with van der Waals surface area (Å²) in [6.45, 7) is 1.54. The van der Waals surface area contributed by atoms with Crippen LogP contribution in [0.4, 0.5) is 4.39 Å². The summed E-state index contributed by atoms with van der Waals surface area (Å²) < 4.78 is 18.2. The third kappa shape index (κ3) is 2.07. The number of nitrogens with one attached hydrogen (secondary N) is 1. The molecule has 4 heteroatoms. The number of benzene rings is 1. The fraction of sp³-hybridized carbons (Fsp3) is 0.417. The third-order valence-electron chi connectivity index (χ3n) is 2.87. The van der Waals surface area contributed by atoms with Crippen LogP contribution in [0.15, 0.2) is 18.2 Å². The van der Waals surface area contributed by atoms with Gasteiger partial charge in [0.25, 0.3) is 0 Å². The van der Waals surface area contributed by atoms with Crippen LogP contribution in [0.1, 0.15) is 16.8 Å². The first-order valence-corrected chi connectivity index (χ1v) is 5.31. The predicted molar refractivity (Wildman–Crippen MR) is 58.3 cm³/mol. The van der Waals surface area contributed by atoms with Crippen molar-refractivity contribution in [2.45, 2.75) is 6.42 Å². The number of hydrogen-bond donors (Lipinski definition) is 1. The molecule has 16 heavy (non-hydrogen) atoms. The first-order valence-electron chi connectivity index (χ1n) is 5.31. The van der Waals surface area contributed by atoms with E-state index in [1.807, 2.05) is 0 Å². The highest BCUT2D eigenvalue weighted by Gasteiger charge is 2.24. The largest absolute Gasteiger partial charge is 0.494 e. The Labute approximate surface area is 93.6 Å². The van der Waals surface area contributed by atoms with Crippen molar-refractivity contribution >= 4 is 5.78 Å². The Morgan fingerprint density at radius 2 is 2.38 bits per heavy atom. The Kier molecular flexibility index (Phi) is 3.19. The van der Waals surface area contributed by atoms with E-state index in [4.69, 9.17) is 4.74 Å². The number of rotatable bonds is 3. The molecule has 1 heterocycles. The molecule has 3 nitrogen and oxygen atoms in total. The van der Waals surface area contributed by atoms with Crippen LogP contribution in [0.5, 0.6) is 5.75 Å². The van der Waals surface area contributed by atoms with E-state index in [1.165, 1.54) is 19.2 Å².